The van der Waals surface area contributed by atoms with Crippen molar-refractivity contribution in [3.05, 3.63) is 71.9 Å². The van der Waals surface area contributed by atoms with Gasteiger partial charge in [-0.15, -0.1) is 0 Å². The van der Waals surface area contributed by atoms with Gasteiger partial charge >= 0.3 is 6.03 Å². The van der Waals surface area contributed by atoms with E-state index < -0.39 is 0 Å². The summed E-state index contributed by atoms with van der Waals surface area (Å²) in [5.41, 5.74) is 3.08. The number of anilines is 1. The van der Waals surface area contributed by atoms with Gasteiger partial charge in [0.2, 0.25) is 0 Å². The van der Waals surface area contributed by atoms with Gasteiger partial charge in [-0.25, -0.2) is 4.79 Å². The Morgan fingerprint density at radius 2 is 1.67 bits per heavy atom. The lowest BCUT2D eigenvalue weighted by molar-refractivity contribution is 0.255. The Balaban J connectivity index is 1.85. The Labute approximate surface area is 125 Å². The summed E-state index contributed by atoms with van der Waals surface area (Å²) in [4.78, 5) is 11.7. The lowest BCUT2D eigenvalue weighted by Crippen LogP contribution is -2.23. The molecule has 108 valence electrons. The van der Waals surface area contributed by atoms with Gasteiger partial charge in [0.15, 0.2) is 0 Å². The van der Waals surface area contributed by atoms with Gasteiger partial charge in [0, 0.05) is 11.9 Å². The fourth-order valence-electron chi connectivity index (χ4n) is 1.90. The van der Waals surface area contributed by atoms with Gasteiger partial charge in [-0.3, -0.25) is 0 Å². The Hall–Kier alpha value is -2.55. The SMILES string of the molecule is CC(C)c1ccc(NC(=O)N/C=C/c2ccccc2)cc1. The predicted molar refractivity (Wildman–Crippen MR) is 88.2 cm³/mol. The van der Waals surface area contributed by atoms with Crippen molar-refractivity contribution in [1.29, 1.82) is 0 Å². The van der Waals surface area contributed by atoms with Crippen LogP contribution in [-0.2, 0) is 0 Å². The Morgan fingerprint density at radius 1 is 1.00 bits per heavy atom. The van der Waals surface area contributed by atoms with Gasteiger partial charge in [-0.1, -0.05) is 56.3 Å². The molecule has 0 saturated heterocycles. The Bertz CT molecular complexity index is 601. The molecule has 21 heavy (non-hydrogen) atoms. The fourth-order valence-corrected chi connectivity index (χ4v) is 1.90. The minimum atomic E-state index is -0.250. The zero-order chi connectivity index (χ0) is 15.1. The summed E-state index contributed by atoms with van der Waals surface area (Å²) in [7, 11) is 0. The van der Waals surface area contributed by atoms with Crippen molar-refractivity contribution >= 4 is 17.8 Å². The molecule has 0 aliphatic carbocycles. The number of nitrogens with one attached hydrogen (secondary N) is 2. The molecule has 0 aliphatic heterocycles. The van der Waals surface area contributed by atoms with Crippen LogP contribution >= 0.6 is 0 Å². The van der Waals surface area contributed by atoms with E-state index in [9.17, 15) is 4.79 Å². The van der Waals surface area contributed by atoms with E-state index in [4.69, 9.17) is 0 Å². The van der Waals surface area contributed by atoms with Crippen molar-refractivity contribution in [3.8, 4) is 0 Å². The van der Waals surface area contributed by atoms with Gasteiger partial charge in [0.25, 0.3) is 0 Å². The number of benzene rings is 2. The molecule has 2 aromatic carbocycles. The van der Waals surface area contributed by atoms with Crippen LogP contribution in [0.25, 0.3) is 6.08 Å². The largest absolute Gasteiger partial charge is 0.323 e. The van der Waals surface area contributed by atoms with Crippen LogP contribution in [-0.4, -0.2) is 6.03 Å². The van der Waals surface area contributed by atoms with E-state index in [0.29, 0.717) is 5.92 Å². The molecular weight excluding hydrogens is 260 g/mol. The molecule has 0 aliphatic rings. The highest BCUT2D eigenvalue weighted by molar-refractivity contribution is 5.90. The standard InChI is InChI=1S/C18H20N2O/c1-14(2)16-8-10-17(11-9-16)20-18(21)19-13-12-15-6-4-3-5-7-15/h3-14H,1-2H3,(H2,19,20,21)/b13-12+. The highest BCUT2D eigenvalue weighted by Crippen LogP contribution is 2.16. The molecule has 0 heterocycles. The number of hydrogen-bond acceptors (Lipinski definition) is 1. The fraction of sp³-hybridized carbons (Fsp3) is 0.167. The van der Waals surface area contributed by atoms with Gasteiger partial charge in [-0.2, -0.15) is 0 Å². The molecule has 3 nitrogen and oxygen atoms in total. The van der Waals surface area contributed by atoms with Crippen molar-refractivity contribution < 1.29 is 4.79 Å². The average Bonchev–Trinajstić information content (AvgIpc) is 2.49. The zero-order valence-corrected chi connectivity index (χ0v) is 12.3. The molecule has 0 unspecified atom stereocenters. The number of urea groups is 1. The first kappa shape index (κ1) is 14.9. The summed E-state index contributed by atoms with van der Waals surface area (Å²) >= 11 is 0. The molecule has 0 atom stereocenters. The topological polar surface area (TPSA) is 41.1 Å². The maximum Gasteiger partial charge on any atom is 0.323 e. The molecular formula is C18H20N2O. The number of carbonyl (C=O) groups excluding carboxylic acids is 1. The molecule has 0 spiro atoms. The molecule has 0 bridgehead atoms. The summed E-state index contributed by atoms with van der Waals surface area (Å²) in [5, 5.41) is 5.48. The van der Waals surface area contributed by atoms with E-state index in [1.165, 1.54) is 5.56 Å². The van der Waals surface area contributed by atoms with Gasteiger partial charge in [-0.05, 0) is 35.3 Å². The lowest BCUT2D eigenvalue weighted by atomic mass is 10.0. The molecule has 0 fully saturated rings. The molecule has 3 heteroatoms. The van der Waals surface area contributed by atoms with Gasteiger partial charge in [0.1, 0.15) is 0 Å². The van der Waals surface area contributed by atoms with Crippen LogP contribution in [0, 0.1) is 0 Å². The van der Waals surface area contributed by atoms with Gasteiger partial charge in [0.05, 0.1) is 0 Å². The molecule has 0 saturated carbocycles. The predicted octanol–water partition coefficient (Wildman–Crippen LogP) is 4.60. The van der Waals surface area contributed by atoms with E-state index in [1.54, 1.807) is 6.20 Å². The monoisotopic (exact) mass is 280 g/mol. The Kier molecular flexibility index (Phi) is 5.16. The van der Waals surface area contributed by atoms with Crippen LogP contribution in [0.5, 0.6) is 0 Å². The zero-order valence-electron chi connectivity index (χ0n) is 12.3. The molecule has 0 radical (unpaired) electrons. The Morgan fingerprint density at radius 3 is 2.29 bits per heavy atom. The lowest BCUT2D eigenvalue weighted by Gasteiger charge is -2.08. The van der Waals surface area contributed by atoms with Crippen molar-refractivity contribution in [2.75, 3.05) is 5.32 Å². The van der Waals surface area contributed by atoms with E-state index in [2.05, 4.69) is 24.5 Å². The number of hydrogen-bond donors (Lipinski definition) is 2. The van der Waals surface area contributed by atoms with Gasteiger partial charge < -0.3 is 10.6 Å². The minimum absolute atomic E-state index is 0.250. The first-order valence-electron chi connectivity index (χ1n) is 7.04. The summed E-state index contributed by atoms with van der Waals surface area (Å²) in [6, 6.07) is 17.4. The smallest absolute Gasteiger partial charge is 0.314 e. The number of amides is 2. The second kappa shape index (κ2) is 7.29. The van der Waals surface area contributed by atoms with E-state index in [1.807, 2.05) is 60.7 Å². The molecule has 0 aromatic heterocycles. The summed E-state index contributed by atoms with van der Waals surface area (Å²) < 4.78 is 0. The first-order chi connectivity index (χ1) is 10.1. The molecule has 2 rings (SSSR count). The number of rotatable bonds is 4. The van der Waals surface area contributed by atoms with Crippen LogP contribution in [0.2, 0.25) is 0 Å². The van der Waals surface area contributed by atoms with Crippen molar-refractivity contribution in [2.24, 2.45) is 0 Å². The molecule has 2 N–H and O–H groups in total. The minimum Gasteiger partial charge on any atom is -0.314 e. The summed E-state index contributed by atoms with van der Waals surface area (Å²) in [5.74, 6) is 0.488. The second-order valence-corrected chi connectivity index (χ2v) is 5.12. The highest BCUT2D eigenvalue weighted by atomic mass is 16.2. The average molecular weight is 280 g/mol. The second-order valence-electron chi connectivity index (χ2n) is 5.12. The maximum atomic E-state index is 11.7. The third-order valence-electron chi connectivity index (χ3n) is 3.13. The molecule has 2 amide bonds. The number of carbonyl (C=O) groups is 1. The van der Waals surface area contributed by atoms with E-state index in [-0.39, 0.29) is 6.03 Å². The van der Waals surface area contributed by atoms with Crippen LogP contribution in [0.4, 0.5) is 10.5 Å². The van der Waals surface area contributed by atoms with Crippen molar-refractivity contribution in [2.45, 2.75) is 19.8 Å². The van der Waals surface area contributed by atoms with Crippen LogP contribution in [0.3, 0.4) is 0 Å². The van der Waals surface area contributed by atoms with Crippen LogP contribution in [0.1, 0.15) is 30.9 Å². The van der Waals surface area contributed by atoms with E-state index in [0.717, 1.165) is 11.3 Å². The van der Waals surface area contributed by atoms with E-state index >= 15 is 0 Å². The van der Waals surface area contributed by atoms with Crippen molar-refractivity contribution in [3.63, 3.8) is 0 Å². The third-order valence-corrected chi connectivity index (χ3v) is 3.13. The summed E-state index contributed by atoms with van der Waals surface area (Å²) in [6.45, 7) is 4.28. The van der Waals surface area contributed by atoms with Crippen LogP contribution < -0.4 is 10.6 Å². The summed E-state index contributed by atoms with van der Waals surface area (Å²) in [6.07, 6.45) is 3.48. The normalized spacial score (nSPS) is 10.8. The maximum absolute atomic E-state index is 11.7. The highest BCUT2D eigenvalue weighted by Gasteiger charge is 2.01. The van der Waals surface area contributed by atoms with Crippen LogP contribution in [0.15, 0.2) is 60.8 Å². The van der Waals surface area contributed by atoms with Crippen molar-refractivity contribution in [1.82, 2.24) is 5.32 Å². The molecule has 2 aromatic rings. The quantitative estimate of drug-likeness (QED) is 0.844. The third kappa shape index (κ3) is 4.80. The first-order valence-corrected chi connectivity index (χ1v) is 7.04.